The Bertz CT molecular complexity index is 1000. The molecule has 3 rings (SSSR count). The molecular formula is C21H22BrN5OS. The number of benzene rings is 2. The predicted molar refractivity (Wildman–Crippen MR) is 121 cm³/mol. The van der Waals surface area contributed by atoms with E-state index in [4.69, 9.17) is 0 Å². The summed E-state index contributed by atoms with van der Waals surface area (Å²) in [5, 5.41) is 13.4. The molecule has 0 atom stereocenters. The number of nitrogens with one attached hydrogen (secondary N) is 1. The summed E-state index contributed by atoms with van der Waals surface area (Å²) in [5.41, 5.74) is 5.73. The van der Waals surface area contributed by atoms with E-state index in [-0.39, 0.29) is 11.7 Å². The summed E-state index contributed by atoms with van der Waals surface area (Å²) in [7, 11) is 1.89. The average Bonchev–Trinajstić information content (AvgIpc) is 3.10. The van der Waals surface area contributed by atoms with E-state index in [2.05, 4.69) is 48.8 Å². The Balaban J connectivity index is 1.56. The van der Waals surface area contributed by atoms with Crippen molar-refractivity contribution in [2.45, 2.75) is 24.9 Å². The van der Waals surface area contributed by atoms with Crippen molar-refractivity contribution >= 4 is 39.3 Å². The number of hydrogen-bond acceptors (Lipinski definition) is 5. The highest BCUT2D eigenvalue weighted by Gasteiger charge is 2.13. The molecule has 3 aromatic rings. The van der Waals surface area contributed by atoms with Gasteiger partial charge in [0.25, 0.3) is 5.91 Å². The smallest absolute Gasteiger partial charge is 0.250 e. The normalized spacial score (nSPS) is 11.5. The molecule has 150 valence electrons. The number of rotatable bonds is 8. The van der Waals surface area contributed by atoms with E-state index < -0.39 is 0 Å². The Morgan fingerprint density at radius 1 is 1.17 bits per heavy atom. The van der Waals surface area contributed by atoms with Crippen LogP contribution in [0.2, 0.25) is 0 Å². The highest BCUT2D eigenvalue weighted by molar-refractivity contribution is 9.10. The van der Waals surface area contributed by atoms with Crippen molar-refractivity contribution in [1.29, 1.82) is 0 Å². The number of hydrogen-bond donors (Lipinski definition) is 1. The molecule has 29 heavy (non-hydrogen) atoms. The lowest BCUT2D eigenvalue weighted by atomic mass is 10.1. The summed E-state index contributed by atoms with van der Waals surface area (Å²) in [6.45, 7) is 2.03. The van der Waals surface area contributed by atoms with Crippen LogP contribution in [-0.4, -0.2) is 32.1 Å². The first kappa shape index (κ1) is 21.3. The molecule has 1 heterocycles. The van der Waals surface area contributed by atoms with E-state index in [1.165, 1.54) is 17.3 Å². The number of carbonyl (C=O) groups is 1. The predicted octanol–water partition coefficient (Wildman–Crippen LogP) is 4.46. The molecular weight excluding hydrogens is 450 g/mol. The molecule has 8 heteroatoms. The summed E-state index contributed by atoms with van der Waals surface area (Å²) in [6, 6.07) is 18.0. The number of halogens is 1. The van der Waals surface area contributed by atoms with Gasteiger partial charge in [0.2, 0.25) is 0 Å². The van der Waals surface area contributed by atoms with Gasteiger partial charge in [0.15, 0.2) is 11.0 Å². The van der Waals surface area contributed by atoms with Crippen molar-refractivity contribution in [1.82, 2.24) is 20.2 Å². The zero-order valence-electron chi connectivity index (χ0n) is 16.3. The van der Waals surface area contributed by atoms with Crippen molar-refractivity contribution in [2.24, 2.45) is 12.1 Å². The molecule has 0 fully saturated rings. The van der Waals surface area contributed by atoms with Crippen LogP contribution in [0.15, 0.2) is 69.3 Å². The third-order valence-electron chi connectivity index (χ3n) is 4.25. The van der Waals surface area contributed by atoms with Crippen LogP contribution >= 0.6 is 27.7 Å². The van der Waals surface area contributed by atoms with Gasteiger partial charge in [-0.3, -0.25) is 4.79 Å². The Morgan fingerprint density at radius 3 is 2.69 bits per heavy atom. The number of nitrogens with zero attached hydrogens (tertiary/aromatic N) is 4. The van der Waals surface area contributed by atoms with E-state index in [1.807, 2.05) is 61.0 Å². The molecule has 0 aliphatic carbocycles. The van der Waals surface area contributed by atoms with E-state index in [0.717, 1.165) is 34.4 Å². The summed E-state index contributed by atoms with van der Waals surface area (Å²) in [5.74, 6) is 0.806. The molecule has 0 spiro atoms. The Hall–Kier alpha value is -2.45. The van der Waals surface area contributed by atoms with E-state index >= 15 is 0 Å². The molecule has 1 aromatic heterocycles. The number of carbonyl (C=O) groups excluding carboxylic acids is 1. The summed E-state index contributed by atoms with van der Waals surface area (Å²) >= 11 is 4.80. The maximum absolute atomic E-state index is 12.2. The molecule has 0 saturated carbocycles. The second-order valence-electron chi connectivity index (χ2n) is 6.39. The zero-order valence-corrected chi connectivity index (χ0v) is 18.7. The van der Waals surface area contributed by atoms with Crippen molar-refractivity contribution in [2.75, 3.05) is 5.75 Å². The topological polar surface area (TPSA) is 72.2 Å². The zero-order chi connectivity index (χ0) is 20.6. The molecule has 1 N–H and O–H groups in total. The summed E-state index contributed by atoms with van der Waals surface area (Å²) in [6.07, 6.45) is 1.51. The lowest BCUT2D eigenvalue weighted by Crippen LogP contribution is -2.22. The first-order valence-corrected chi connectivity index (χ1v) is 11.0. The van der Waals surface area contributed by atoms with Crippen LogP contribution in [0, 0.1) is 0 Å². The SMILES string of the molecule is CCC(Cc1ccccc1)=NNC(=O)CSc1nnc(-c2cccc(Br)c2)n1C. The first-order valence-electron chi connectivity index (χ1n) is 9.23. The second-order valence-corrected chi connectivity index (χ2v) is 8.25. The highest BCUT2D eigenvalue weighted by atomic mass is 79.9. The molecule has 0 aliphatic heterocycles. The molecule has 0 saturated heterocycles. The van der Waals surface area contributed by atoms with E-state index in [1.54, 1.807) is 0 Å². The van der Waals surface area contributed by atoms with Crippen molar-refractivity contribution < 1.29 is 4.79 Å². The molecule has 1 amide bonds. The van der Waals surface area contributed by atoms with E-state index in [9.17, 15) is 4.79 Å². The van der Waals surface area contributed by atoms with Gasteiger partial charge in [-0.1, -0.05) is 77.1 Å². The first-order chi connectivity index (χ1) is 14.1. The monoisotopic (exact) mass is 471 g/mol. The van der Waals surface area contributed by atoms with Crippen molar-refractivity contribution in [3.63, 3.8) is 0 Å². The van der Waals surface area contributed by atoms with Gasteiger partial charge < -0.3 is 4.57 Å². The minimum atomic E-state index is -0.166. The van der Waals surface area contributed by atoms with Gasteiger partial charge in [0.05, 0.1) is 5.75 Å². The molecule has 0 radical (unpaired) electrons. The molecule has 2 aromatic carbocycles. The molecule has 0 aliphatic rings. The number of hydrazone groups is 1. The van der Waals surface area contributed by atoms with Crippen LogP contribution < -0.4 is 5.43 Å². The summed E-state index contributed by atoms with van der Waals surface area (Å²) in [4.78, 5) is 12.2. The fourth-order valence-corrected chi connectivity index (χ4v) is 3.80. The van der Waals surface area contributed by atoms with Gasteiger partial charge in [0.1, 0.15) is 0 Å². The quantitative estimate of drug-likeness (QED) is 0.299. The standard InChI is InChI=1S/C21H22BrN5OS/c1-3-18(12-15-8-5-4-6-9-15)23-24-19(28)14-29-21-26-25-20(27(21)2)16-10-7-11-17(22)13-16/h4-11,13H,3,12,14H2,1-2H3,(H,24,28). The molecule has 0 unspecified atom stereocenters. The fraction of sp³-hybridized carbons (Fsp3) is 0.238. The third kappa shape index (κ3) is 6.01. The maximum atomic E-state index is 12.2. The van der Waals surface area contributed by atoms with Gasteiger partial charge in [-0.25, -0.2) is 5.43 Å². The van der Waals surface area contributed by atoms with Gasteiger partial charge in [-0.15, -0.1) is 10.2 Å². The third-order valence-corrected chi connectivity index (χ3v) is 5.76. The van der Waals surface area contributed by atoms with Crippen LogP contribution in [0.25, 0.3) is 11.4 Å². The lowest BCUT2D eigenvalue weighted by Gasteiger charge is -2.06. The number of thioether (sulfide) groups is 1. The van der Waals surface area contributed by atoms with E-state index in [0.29, 0.717) is 5.16 Å². The van der Waals surface area contributed by atoms with Gasteiger partial charge in [0, 0.05) is 29.2 Å². The average molecular weight is 472 g/mol. The summed E-state index contributed by atoms with van der Waals surface area (Å²) < 4.78 is 2.86. The van der Waals surface area contributed by atoms with Crippen LogP contribution in [0.5, 0.6) is 0 Å². The molecule has 0 bridgehead atoms. The van der Waals surface area contributed by atoms with Crippen molar-refractivity contribution in [3.05, 3.63) is 64.6 Å². The lowest BCUT2D eigenvalue weighted by molar-refractivity contribution is -0.118. The minimum absolute atomic E-state index is 0.166. The Kier molecular flexibility index (Phi) is 7.60. The van der Waals surface area contributed by atoms with Crippen LogP contribution in [-0.2, 0) is 18.3 Å². The van der Waals surface area contributed by atoms with Crippen LogP contribution in [0.3, 0.4) is 0 Å². The highest BCUT2D eigenvalue weighted by Crippen LogP contribution is 2.24. The molecule has 6 nitrogen and oxygen atoms in total. The fourth-order valence-electron chi connectivity index (χ4n) is 2.70. The number of amides is 1. The minimum Gasteiger partial charge on any atom is -0.305 e. The van der Waals surface area contributed by atoms with Gasteiger partial charge >= 0.3 is 0 Å². The van der Waals surface area contributed by atoms with Gasteiger partial charge in [-0.2, -0.15) is 5.10 Å². The van der Waals surface area contributed by atoms with Crippen LogP contribution in [0.4, 0.5) is 0 Å². The largest absolute Gasteiger partial charge is 0.305 e. The maximum Gasteiger partial charge on any atom is 0.250 e. The Morgan fingerprint density at radius 2 is 1.97 bits per heavy atom. The second kappa shape index (κ2) is 10.4. The number of aromatic nitrogens is 3. The Labute approximate surface area is 182 Å². The van der Waals surface area contributed by atoms with Crippen LogP contribution in [0.1, 0.15) is 18.9 Å². The van der Waals surface area contributed by atoms with Gasteiger partial charge in [-0.05, 0) is 24.1 Å². The van der Waals surface area contributed by atoms with Crippen molar-refractivity contribution in [3.8, 4) is 11.4 Å².